The number of hydrogen-bond acceptors (Lipinski definition) is 7. The Hall–Kier alpha value is -0.860. The first-order valence-corrected chi connectivity index (χ1v) is 13.9. The number of methoxy groups -OCH3 is 2. The fraction of sp³-hybridized carbons (Fsp3) is 0.815. The molecule has 4 bridgehead atoms. The SMILES string of the molecule is C=C1C(=O)[C@]23[C@H](OC)[C@H]1CC[C@H]2[C@@]12CO[C@@]3(OC)[C@@H](O)[C@@H]1C(C)(C)CC1=C2O[C@H](SCC)CC1. The molecule has 5 fully saturated rings. The molecule has 3 saturated carbocycles. The third kappa shape index (κ3) is 2.33. The Balaban J connectivity index is 1.63. The lowest BCUT2D eigenvalue weighted by Crippen LogP contribution is -2.84. The second-order valence-electron chi connectivity index (χ2n) is 11.9. The molecule has 2 saturated heterocycles. The lowest BCUT2D eigenvalue weighted by molar-refractivity contribution is -0.449. The molecule has 0 aromatic carbocycles. The van der Waals surface area contributed by atoms with Gasteiger partial charge in [-0.25, -0.2) is 0 Å². The average molecular weight is 491 g/mol. The van der Waals surface area contributed by atoms with Gasteiger partial charge < -0.3 is 24.1 Å². The highest BCUT2D eigenvalue weighted by Gasteiger charge is 2.88. The minimum Gasteiger partial charge on any atom is -0.483 e. The number of Topliss-reactive ketones (excluding diaryl/α,β-unsaturated/α-hetero) is 1. The van der Waals surface area contributed by atoms with E-state index in [2.05, 4.69) is 27.4 Å². The summed E-state index contributed by atoms with van der Waals surface area (Å²) in [6.45, 7) is 11.3. The van der Waals surface area contributed by atoms with Crippen molar-refractivity contribution in [1.29, 1.82) is 0 Å². The molecule has 6 nitrogen and oxygen atoms in total. The number of allylic oxidation sites excluding steroid dienone is 1. The molecular formula is C27H38O6S. The van der Waals surface area contributed by atoms with Gasteiger partial charge in [0.05, 0.1) is 18.1 Å². The van der Waals surface area contributed by atoms with Crippen molar-refractivity contribution in [2.45, 2.75) is 76.3 Å². The molecule has 4 aliphatic carbocycles. The molecule has 1 N–H and O–H groups in total. The maximum Gasteiger partial charge on any atom is 0.210 e. The summed E-state index contributed by atoms with van der Waals surface area (Å²) >= 11 is 1.83. The Kier molecular flexibility index (Phi) is 5.08. The van der Waals surface area contributed by atoms with E-state index in [0.717, 1.165) is 43.6 Å². The molecule has 7 rings (SSSR count). The van der Waals surface area contributed by atoms with Gasteiger partial charge >= 0.3 is 0 Å². The van der Waals surface area contributed by atoms with Gasteiger partial charge in [0.1, 0.15) is 22.7 Å². The van der Waals surface area contributed by atoms with E-state index in [4.69, 9.17) is 18.9 Å². The molecule has 3 aliphatic heterocycles. The van der Waals surface area contributed by atoms with Crippen molar-refractivity contribution in [3.63, 3.8) is 0 Å². The first-order chi connectivity index (χ1) is 16.2. The number of hydrogen-bond donors (Lipinski definition) is 1. The standard InChI is InChI=1S/C27H38O6S/c1-7-34-18-11-8-15-12-24(3,4)19-21(29)27(31-6)26-17(25(19,13-32-27)22(15)33-18)10-9-16(23(26)30-5)14(2)20(26)28/h16-19,21,23,29H,2,7-13H2,1,3-6H3/t16-,17-,18+,19+,21-,23+,25-,26-,27-/m0/s1. The van der Waals surface area contributed by atoms with Crippen LogP contribution < -0.4 is 0 Å². The van der Waals surface area contributed by atoms with Crippen LogP contribution in [-0.2, 0) is 23.7 Å². The summed E-state index contributed by atoms with van der Waals surface area (Å²) < 4.78 is 25.8. The molecule has 0 unspecified atom stereocenters. The summed E-state index contributed by atoms with van der Waals surface area (Å²) in [6, 6.07) is 0. The third-order valence-corrected chi connectivity index (χ3v) is 11.4. The molecule has 7 heteroatoms. The molecule has 7 aliphatic rings. The molecule has 2 spiro atoms. The Bertz CT molecular complexity index is 974. The molecule has 9 atom stereocenters. The first kappa shape index (κ1) is 23.5. The summed E-state index contributed by atoms with van der Waals surface area (Å²) in [4.78, 5) is 14.3. The highest BCUT2D eigenvalue weighted by molar-refractivity contribution is 7.99. The number of carbonyl (C=O) groups excluding carboxylic acids is 1. The maximum absolute atomic E-state index is 14.3. The fourth-order valence-corrected chi connectivity index (χ4v) is 10.4. The molecule has 188 valence electrons. The van der Waals surface area contributed by atoms with E-state index in [0.29, 0.717) is 12.2 Å². The quantitative estimate of drug-likeness (QED) is 0.596. The van der Waals surface area contributed by atoms with Crippen molar-refractivity contribution in [3.05, 3.63) is 23.5 Å². The van der Waals surface area contributed by atoms with E-state index >= 15 is 0 Å². The normalized spacial score (nSPS) is 50.5. The highest BCUT2D eigenvalue weighted by atomic mass is 32.2. The second-order valence-corrected chi connectivity index (χ2v) is 13.3. The van der Waals surface area contributed by atoms with Crippen molar-refractivity contribution in [1.82, 2.24) is 0 Å². The molecular weight excluding hydrogens is 452 g/mol. The van der Waals surface area contributed by atoms with Crippen LogP contribution in [0.25, 0.3) is 0 Å². The minimum atomic E-state index is -1.46. The number of ether oxygens (including phenoxy) is 4. The molecule has 0 radical (unpaired) electrons. The van der Waals surface area contributed by atoms with Crippen LogP contribution >= 0.6 is 11.8 Å². The lowest BCUT2D eigenvalue weighted by Gasteiger charge is -2.74. The summed E-state index contributed by atoms with van der Waals surface area (Å²) in [6.07, 6.45) is 3.13. The molecule has 3 heterocycles. The van der Waals surface area contributed by atoms with Gasteiger partial charge in [-0.15, -0.1) is 11.8 Å². The van der Waals surface area contributed by atoms with Gasteiger partial charge in [0.25, 0.3) is 0 Å². The van der Waals surface area contributed by atoms with Crippen LogP contribution in [0.15, 0.2) is 23.5 Å². The molecule has 34 heavy (non-hydrogen) atoms. The Labute approximate surface area is 206 Å². The van der Waals surface area contributed by atoms with E-state index in [-0.39, 0.29) is 34.4 Å². The summed E-state index contributed by atoms with van der Waals surface area (Å²) in [7, 11) is 3.24. The highest BCUT2D eigenvalue weighted by Crippen LogP contribution is 2.78. The van der Waals surface area contributed by atoms with Crippen molar-refractivity contribution in [3.8, 4) is 0 Å². The Morgan fingerprint density at radius 2 is 2.00 bits per heavy atom. The van der Waals surface area contributed by atoms with Crippen LogP contribution in [0.3, 0.4) is 0 Å². The van der Waals surface area contributed by atoms with Gasteiger partial charge in [-0.3, -0.25) is 4.79 Å². The van der Waals surface area contributed by atoms with Gasteiger partial charge in [0.15, 0.2) is 5.78 Å². The Morgan fingerprint density at radius 1 is 1.24 bits per heavy atom. The zero-order valence-electron chi connectivity index (χ0n) is 21.0. The third-order valence-electron chi connectivity index (χ3n) is 10.3. The zero-order valence-corrected chi connectivity index (χ0v) is 21.8. The number of aliphatic hydroxyl groups excluding tert-OH is 1. The lowest BCUT2D eigenvalue weighted by atomic mass is 9.36. The van der Waals surface area contributed by atoms with Gasteiger partial charge in [0.2, 0.25) is 5.79 Å². The number of thioether (sulfide) groups is 1. The van der Waals surface area contributed by atoms with Crippen LogP contribution in [0.1, 0.15) is 52.9 Å². The predicted octanol–water partition coefficient (Wildman–Crippen LogP) is 4.08. The van der Waals surface area contributed by atoms with E-state index in [9.17, 15) is 9.90 Å². The van der Waals surface area contributed by atoms with E-state index in [1.807, 2.05) is 11.8 Å². The van der Waals surface area contributed by atoms with Crippen molar-refractivity contribution >= 4 is 17.5 Å². The van der Waals surface area contributed by atoms with Gasteiger partial charge in [0, 0.05) is 26.1 Å². The van der Waals surface area contributed by atoms with Crippen molar-refractivity contribution in [2.24, 2.45) is 34.0 Å². The van der Waals surface area contributed by atoms with Crippen molar-refractivity contribution < 1.29 is 28.8 Å². The van der Waals surface area contributed by atoms with Gasteiger partial charge in [-0.05, 0) is 60.3 Å². The number of ketones is 1. The Morgan fingerprint density at radius 3 is 2.68 bits per heavy atom. The zero-order chi connectivity index (χ0) is 24.3. The fourth-order valence-electron chi connectivity index (χ4n) is 9.61. The summed E-state index contributed by atoms with van der Waals surface area (Å²) in [5, 5.41) is 12.2. The summed E-state index contributed by atoms with van der Waals surface area (Å²) in [5.74, 6) is 0.147. The largest absolute Gasteiger partial charge is 0.483 e. The number of aliphatic hydroxyl groups is 1. The monoisotopic (exact) mass is 490 g/mol. The number of carbonyl (C=O) groups is 1. The number of fused-ring (bicyclic) bond motifs is 2. The average Bonchev–Trinajstić information content (AvgIpc) is 2.94. The molecule has 0 aromatic heterocycles. The number of rotatable bonds is 4. The van der Waals surface area contributed by atoms with Crippen LogP contribution in [0, 0.1) is 34.0 Å². The first-order valence-electron chi connectivity index (χ1n) is 12.8. The summed E-state index contributed by atoms with van der Waals surface area (Å²) in [5.41, 5.74) is 0.103. The minimum absolute atomic E-state index is 0.0499. The van der Waals surface area contributed by atoms with Crippen LogP contribution in [0.5, 0.6) is 0 Å². The predicted molar refractivity (Wildman–Crippen MR) is 129 cm³/mol. The molecule has 0 amide bonds. The topological polar surface area (TPSA) is 74.2 Å². The van der Waals surface area contributed by atoms with E-state index < -0.39 is 28.8 Å². The van der Waals surface area contributed by atoms with Crippen LogP contribution in [-0.4, -0.2) is 60.9 Å². The van der Waals surface area contributed by atoms with Crippen LogP contribution in [0.2, 0.25) is 0 Å². The molecule has 0 aromatic rings. The van der Waals surface area contributed by atoms with Gasteiger partial charge in [-0.1, -0.05) is 27.4 Å². The van der Waals surface area contributed by atoms with E-state index in [1.54, 1.807) is 14.2 Å². The maximum atomic E-state index is 14.3. The smallest absolute Gasteiger partial charge is 0.210 e. The van der Waals surface area contributed by atoms with Crippen LogP contribution in [0.4, 0.5) is 0 Å². The second kappa shape index (κ2) is 7.34. The van der Waals surface area contributed by atoms with E-state index in [1.165, 1.54) is 5.57 Å². The van der Waals surface area contributed by atoms with Gasteiger partial charge in [-0.2, -0.15) is 0 Å². The van der Waals surface area contributed by atoms with Crippen molar-refractivity contribution in [2.75, 3.05) is 26.6 Å².